The van der Waals surface area contributed by atoms with Crippen molar-refractivity contribution < 1.29 is 9.53 Å². The summed E-state index contributed by atoms with van der Waals surface area (Å²) in [7, 11) is 0. The van der Waals surface area contributed by atoms with Gasteiger partial charge in [-0.2, -0.15) is 5.26 Å². The molecule has 2 aromatic rings. The summed E-state index contributed by atoms with van der Waals surface area (Å²) < 4.78 is 5.64. The molecule has 4 nitrogen and oxygen atoms in total. The summed E-state index contributed by atoms with van der Waals surface area (Å²) in [6.07, 6.45) is 1.53. The first-order valence-electron chi connectivity index (χ1n) is 5.87. The van der Waals surface area contributed by atoms with Crippen LogP contribution >= 0.6 is 0 Å². The third-order valence-electron chi connectivity index (χ3n) is 3.24. The summed E-state index contributed by atoms with van der Waals surface area (Å²) in [6.45, 7) is 1.96. The predicted molar refractivity (Wildman–Crippen MR) is 67.9 cm³/mol. The highest BCUT2D eigenvalue weighted by Gasteiger charge is 2.25. The second-order valence-corrected chi connectivity index (χ2v) is 4.34. The van der Waals surface area contributed by atoms with Crippen molar-refractivity contribution in [3.8, 4) is 11.8 Å². The molecule has 0 amide bonds. The van der Waals surface area contributed by atoms with Crippen LogP contribution in [0.25, 0.3) is 0 Å². The number of ketones is 1. The van der Waals surface area contributed by atoms with Crippen LogP contribution in [-0.2, 0) is 6.61 Å². The Morgan fingerprint density at radius 1 is 1.32 bits per heavy atom. The molecule has 0 unspecified atom stereocenters. The van der Waals surface area contributed by atoms with E-state index >= 15 is 0 Å². The highest BCUT2D eigenvalue weighted by Crippen LogP contribution is 2.29. The van der Waals surface area contributed by atoms with Gasteiger partial charge in [-0.15, -0.1) is 0 Å². The number of rotatable bonds is 0. The van der Waals surface area contributed by atoms with Crippen molar-refractivity contribution in [2.75, 3.05) is 0 Å². The largest absolute Gasteiger partial charge is 0.488 e. The van der Waals surface area contributed by atoms with Gasteiger partial charge in [0.1, 0.15) is 18.4 Å². The first-order chi connectivity index (χ1) is 9.22. The molecular weight excluding hydrogens is 240 g/mol. The molecule has 1 aliphatic heterocycles. The molecule has 4 heteroatoms. The van der Waals surface area contributed by atoms with E-state index in [4.69, 9.17) is 4.74 Å². The van der Waals surface area contributed by atoms with Crippen molar-refractivity contribution in [1.29, 1.82) is 5.26 Å². The van der Waals surface area contributed by atoms with E-state index in [1.165, 1.54) is 6.20 Å². The fourth-order valence-electron chi connectivity index (χ4n) is 2.23. The molecule has 1 aromatic heterocycles. The molecule has 0 N–H and O–H groups in total. The van der Waals surface area contributed by atoms with Crippen molar-refractivity contribution >= 4 is 5.78 Å². The number of para-hydroxylation sites is 1. The van der Waals surface area contributed by atoms with Gasteiger partial charge in [-0.3, -0.25) is 9.78 Å². The monoisotopic (exact) mass is 250 g/mol. The number of benzene rings is 1. The average Bonchev–Trinajstić information content (AvgIpc) is 2.57. The molecule has 92 valence electrons. The standard InChI is InChI=1S/C15H10N2O2/c1-9-11(6-16)13-8-19-14-5-3-2-4-10(14)15(18)12(13)7-17-9/h2-5,7H,8H2,1H3. The summed E-state index contributed by atoms with van der Waals surface area (Å²) in [5.74, 6) is 0.400. The summed E-state index contributed by atoms with van der Waals surface area (Å²) >= 11 is 0. The number of carbonyl (C=O) groups is 1. The molecule has 0 atom stereocenters. The maximum absolute atomic E-state index is 12.5. The zero-order valence-corrected chi connectivity index (χ0v) is 10.3. The Kier molecular flexibility index (Phi) is 2.53. The fraction of sp³-hybridized carbons (Fsp3) is 0.133. The maximum atomic E-state index is 12.5. The number of carbonyl (C=O) groups excluding carboxylic acids is 1. The van der Waals surface area contributed by atoms with Crippen LogP contribution in [0.3, 0.4) is 0 Å². The van der Waals surface area contributed by atoms with E-state index in [1.54, 1.807) is 25.1 Å². The second kappa shape index (κ2) is 4.21. The molecule has 0 saturated carbocycles. The van der Waals surface area contributed by atoms with Crippen LogP contribution in [0.15, 0.2) is 30.5 Å². The molecule has 0 fully saturated rings. The number of nitrogens with zero attached hydrogens (tertiary/aromatic N) is 2. The second-order valence-electron chi connectivity index (χ2n) is 4.34. The van der Waals surface area contributed by atoms with Crippen LogP contribution in [0.2, 0.25) is 0 Å². The third-order valence-corrected chi connectivity index (χ3v) is 3.24. The van der Waals surface area contributed by atoms with Gasteiger partial charge < -0.3 is 4.74 Å². The van der Waals surface area contributed by atoms with Crippen molar-refractivity contribution in [2.24, 2.45) is 0 Å². The Morgan fingerprint density at radius 2 is 2.11 bits per heavy atom. The topological polar surface area (TPSA) is 63.0 Å². The number of pyridine rings is 1. The molecule has 3 rings (SSSR count). The Labute approximate surface area is 110 Å². The van der Waals surface area contributed by atoms with Crippen molar-refractivity contribution in [1.82, 2.24) is 4.98 Å². The van der Waals surface area contributed by atoms with Gasteiger partial charge >= 0.3 is 0 Å². The summed E-state index contributed by atoms with van der Waals surface area (Å²) in [6, 6.07) is 9.19. The van der Waals surface area contributed by atoms with E-state index < -0.39 is 0 Å². The van der Waals surface area contributed by atoms with Crippen LogP contribution in [-0.4, -0.2) is 10.8 Å². The zero-order valence-electron chi connectivity index (χ0n) is 10.3. The highest BCUT2D eigenvalue weighted by atomic mass is 16.5. The summed E-state index contributed by atoms with van der Waals surface area (Å²) in [5.41, 5.74) is 2.63. The molecule has 0 bridgehead atoms. The normalized spacial score (nSPS) is 12.7. The lowest BCUT2D eigenvalue weighted by Gasteiger charge is -2.07. The van der Waals surface area contributed by atoms with E-state index in [-0.39, 0.29) is 12.4 Å². The van der Waals surface area contributed by atoms with Gasteiger partial charge in [0.25, 0.3) is 0 Å². The Hall–Kier alpha value is -2.67. The molecule has 0 spiro atoms. The van der Waals surface area contributed by atoms with Crippen molar-refractivity contribution in [2.45, 2.75) is 13.5 Å². The molecule has 0 radical (unpaired) electrons. The summed E-state index contributed by atoms with van der Waals surface area (Å²) in [4.78, 5) is 16.6. The molecule has 0 saturated heterocycles. The van der Waals surface area contributed by atoms with Crippen LogP contribution in [0.5, 0.6) is 5.75 Å². The first-order valence-corrected chi connectivity index (χ1v) is 5.87. The van der Waals surface area contributed by atoms with Crippen LogP contribution < -0.4 is 4.74 Å². The number of aromatic nitrogens is 1. The van der Waals surface area contributed by atoms with Crippen molar-refractivity contribution in [3.63, 3.8) is 0 Å². The van der Waals surface area contributed by atoms with Gasteiger partial charge in [0.2, 0.25) is 0 Å². The molecule has 2 heterocycles. The third kappa shape index (κ3) is 1.67. The van der Waals surface area contributed by atoms with E-state index in [2.05, 4.69) is 11.1 Å². The lowest BCUT2D eigenvalue weighted by Crippen LogP contribution is -2.07. The molecule has 1 aliphatic rings. The molecule has 19 heavy (non-hydrogen) atoms. The lowest BCUT2D eigenvalue weighted by molar-refractivity contribution is 0.103. The number of aryl methyl sites for hydroxylation is 1. The number of hydrogen-bond donors (Lipinski definition) is 0. The quantitative estimate of drug-likeness (QED) is 0.720. The van der Waals surface area contributed by atoms with Gasteiger partial charge in [0.15, 0.2) is 5.78 Å². The minimum Gasteiger partial charge on any atom is -0.488 e. The summed E-state index contributed by atoms with van der Waals surface area (Å²) in [5, 5.41) is 9.21. The minimum absolute atomic E-state index is 0.146. The molecule has 0 aliphatic carbocycles. The van der Waals surface area contributed by atoms with E-state index in [9.17, 15) is 10.1 Å². The van der Waals surface area contributed by atoms with E-state index in [0.29, 0.717) is 33.7 Å². The first kappa shape index (κ1) is 11.4. The zero-order chi connectivity index (χ0) is 13.4. The van der Waals surface area contributed by atoms with Gasteiger partial charge in [-0.25, -0.2) is 0 Å². The Bertz CT molecular complexity index is 729. The predicted octanol–water partition coefficient (Wildman–Crippen LogP) is 2.39. The molecular formula is C15H10N2O2. The lowest BCUT2D eigenvalue weighted by atomic mass is 9.97. The van der Waals surface area contributed by atoms with E-state index in [0.717, 1.165) is 0 Å². The number of ether oxygens (including phenoxy) is 1. The SMILES string of the molecule is Cc1ncc2c(c1C#N)COc1ccccc1C2=O. The Morgan fingerprint density at radius 3 is 2.89 bits per heavy atom. The smallest absolute Gasteiger partial charge is 0.198 e. The molecule has 1 aromatic carbocycles. The van der Waals surface area contributed by atoms with Crippen LogP contribution in [0.4, 0.5) is 0 Å². The number of hydrogen-bond acceptors (Lipinski definition) is 4. The van der Waals surface area contributed by atoms with Crippen molar-refractivity contribution in [3.05, 3.63) is 58.4 Å². The van der Waals surface area contributed by atoms with Gasteiger partial charge in [-0.05, 0) is 19.1 Å². The van der Waals surface area contributed by atoms with Crippen LogP contribution in [0.1, 0.15) is 32.7 Å². The van der Waals surface area contributed by atoms with E-state index in [1.807, 2.05) is 6.07 Å². The van der Waals surface area contributed by atoms with Gasteiger partial charge in [-0.1, -0.05) is 12.1 Å². The minimum atomic E-state index is -0.146. The average molecular weight is 250 g/mol. The maximum Gasteiger partial charge on any atom is 0.198 e. The Balaban J connectivity index is 2.27. The van der Waals surface area contributed by atoms with Gasteiger partial charge in [0.05, 0.1) is 16.8 Å². The van der Waals surface area contributed by atoms with Gasteiger partial charge in [0, 0.05) is 17.3 Å². The number of fused-ring (bicyclic) bond motifs is 2. The highest BCUT2D eigenvalue weighted by molar-refractivity contribution is 6.12. The number of nitriles is 1. The van der Waals surface area contributed by atoms with Crippen LogP contribution in [0, 0.1) is 18.3 Å². The fourth-order valence-corrected chi connectivity index (χ4v) is 2.23.